The zero-order chi connectivity index (χ0) is 12.6. The molecule has 0 aliphatic carbocycles. The fourth-order valence-electron chi connectivity index (χ4n) is 1.12. The molecule has 1 aromatic carbocycles. The van der Waals surface area contributed by atoms with Gasteiger partial charge in [-0.25, -0.2) is 8.42 Å². The van der Waals surface area contributed by atoms with Crippen LogP contribution in [-0.2, 0) is 9.84 Å². The summed E-state index contributed by atoms with van der Waals surface area (Å²) in [6.45, 7) is 1.81. The number of alkyl halides is 2. The van der Waals surface area contributed by atoms with Gasteiger partial charge in [-0.15, -0.1) is 0 Å². The molecule has 0 aromatic heterocycles. The Hall–Kier alpha value is -0.390. The van der Waals surface area contributed by atoms with Crippen molar-refractivity contribution in [2.75, 3.05) is 6.26 Å². The Bertz CT molecular complexity index is 523. The topological polar surface area (TPSA) is 51.2 Å². The van der Waals surface area contributed by atoms with Gasteiger partial charge in [0, 0.05) is 11.8 Å². The van der Waals surface area contributed by atoms with Crippen LogP contribution in [0.4, 0.5) is 0 Å². The fraction of sp³-hybridized carbons (Fsp3) is 0.300. The summed E-state index contributed by atoms with van der Waals surface area (Å²) in [5.41, 5.74) is 1.12. The molecule has 0 saturated carbocycles. The van der Waals surface area contributed by atoms with E-state index in [0.717, 1.165) is 11.8 Å². The average Bonchev–Trinajstić information content (AvgIpc) is 2.14. The van der Waals surface area contributed by atoms with E-state index in [4.69, 9.17) is 11.6 Å². The monoisotopic (exact) mass is 324 g/mol. The van der Waals surface area contributed by atoms with Crippen LogP contribution in [0.2, 0.25) is 0 Å². The van der Waals surface area contributed by atoms with Gasteiger partial charge in [-0.2, -0.15) is 0 Å². The average molecular weight is 326 g/mol. The molecular weight excluding hydrogens is 316 g/mol. The molecule has 0 aliphatic heterocycles. The molecule has 0 radical (unpaired) electrons. The van der Waals surface area contributed by atoms with Gasteiger partial charge in [0.2, 0.25) is 5.78 Å². The van der Waals surface area contributed by atoms with Crippen molar-refractivity contribution in [3.8, 4) is 0 Å². The molecule has 6 heteroatoms. The van der Waals surface area contributed by atoms with Crippen LogP contribution in [0.5, 0.6) is 0 Å². The molecule has 0 bridgehead atoms. The minimum atomic E-state index is -3.73. The Morgan fingerprint density at radius 3 is 2.44 bits per heavy atom. The smallest absolute Gasteiger partial charge is 0.261 e. The third kappa shape index (κ3) is 2.64. The van der Waals surface area contributed by atoms with E-state index in [0.29, 0.717) is 0 Å². The van der Waals surface area contributed by atoms with Gasteiger partial charge in [0.05, 0.1) is 0 Å². The Kier molecular flexibility index (Phi) is 3.82. The van der Waals surface area contributed by atoms with Gasteiger partial charge >= 0.3 is 0 Å². The van der Waals surface area contributed by atoms with E-state index in [9.17, 15) is 13.2 Å². The SMILES string of the molecule is Cc1cccc(C(=O)C(Cl)(Br)S(C)(=O)=O)c1. The predicted molar refractivity (Wildman–Crippen MR) is 67.9 cm³/mol. The van der Waals surface area contributed by atoms with Gasteiger partial charge in [0.15, 0.2) is 9.84 Å². The quantitative estimate of drug-likeness (QED) is 0.634. The van der Waals surface area contributed by atoms with Crippen LogP contribution in [0, 0.1) is 6.92 Å². The van der Waals surface area contributed by atoms with Gasteiger partial charge in [-0.3, -0.25) is 4.79 Å². The van der Waals surface area contributed by atoms with Gasteiger partial charge in [0.1, 0.15) is 0 Å². The second kappa shape index (κ2) is 4.47. The molecule has 3 nitrogen and oxygen atoms in total. The first-order valence-corrected chi connectivity index (χ1v) is 7.41. The van der Waals surface area contributed by atoms with Crippen molar-refractivity contribution in [3.63, 3.8) is 0 Å². The van der Waals surface area contributed by atoms with Crippen LogP contribution in [0.25, 0.3) is 0 Å². The van der Waals surface area contributed by atoms with Gasteiger partial charge in [-0.1, -0.05) is 35.4 Å². The lowest BCUT2D eigenvalue weighted by molar-refractivity contribution is 0.1000. The largest absolute Gasteiger partial charge is 0.290 e. The van der Waals surface area contributed by atoms with E-state index in [1.54, 1.807) is 25.1 Å². The summed E-state index contributed by atoms with van der Waals surface area (Å²) in [4.78, 5) is 11.9. The lowest BCUT2D eigenvalue weighted by Gasteiger charge is -2.16. The predicted octanol–water partition coefficient (Wildman–Crippen LogP) is 2.51. The Labute approximate surface area is 108 Å². The number of hydrogen-bond acceptors (Lipinski definition) is 3. The number of hydrogen-bond donors (Lipinski definition) is 0. The molecule has 0 amide bonds. The third-order valence-corrected chi connectivity index (χ3v) is 6.26. The first-order chi connectivity index (χ1) is 7.16. The number of Topliss-reactive ketones (excluding diaryl/α,β-unsaturated/α-hetero) is 1. The Morgan fingerprint density at radius 1 is 1.44 bits per heavy atom. The maximum Gasteiger partial charge on any atom is 0.261 e. The van der Waals surface area contributed by atoms with E-state index >= 15 is 0 Å². The molecule has 1 atom stereocenters. The zero-order valence-electron chi connectivity index (χ0n) is 8.70. The van der Waals surface area contributed by atoms with Crippen LogP contribution in [0.3, 0.4) is 0 Å². The zero-order valence-corrected chi connectivity index (χ0v) is 11.9. The highest BCUT2D eigenvalue weighted by Crippen LogP contribution is 2.33. The highest BCUT2D eigenvalue weighted by molar-refractivity contribution is 9.12. The van der Waals surface area contributed by atoms with Crippen molar-refractivity contribution in [1.29, 1.82) is 0 Å². The number of ketones is 1. The minimum Gasteiger partial charge on any atom is -0.290 e. The van der Waals surface area contributed by atoms with E-state index in [1.165, 1.54) is 6.07 Å². The number of rotatable bonds is 3. The van der Waals surface area contributed by atoms with Crippen LogP contribution in [-0.4, -0.2) is 23.6 Å². The first-order valence-electron chi connectivity index (χ1n) is 4.35. The van der Waals surface area contributed by atoms with Crippen molar-refractivity contribution in [1.82, 2.24) is 0 Å². The molecule has 16 heavy (non-hydrogen) atoms. The normalized spacial score (nSPS) is 15.5. The summed E-state index contributed by atoms with van der Waals surface area (Å²) in [6, 6.07) is 6.59. The highest BCUT2D eigenvalue weighted by atomic mass is 79.9. The minimum absolute atomic E-state index is 0.261. The molecule has 0 N–H and O–H groups in total. The summed E-state index contributed by atoms with van der Waals surface area (Å²) >= 11 is 8.49. The van der Waals surface area contributed by atoms with Crippen molar-refractivity contribution in [2.45, 2.75) is 10.0 Å². The molecule has 88 valence electrons. The fourth-order valence-corrected chi connectivity index (χ4v) is 1.92. The van der Waals surface area contributed by atoms with E-state index in [-0.39, 0.29) is 5.56 Å². The number of benzene rings is 1. The molecule has 0 aliphatic rings. The number of sulfone groups is 1. The molecule has 0 fully saturated rings. The molecule has 0 spiro atoms. The van der Waals surface area contributed by atoms with Crippen LogP contribution in [0.1, 0.15) is 15.9 Å². The molecular formula is C10H10BrClO3S. The van der Waals surface area contributed by atoms with Crippen LogP contribution < -0.4 is 0 Å². The second-order valence-corrected chi connectivity index (χ2v) is 8.61. The summed E-state index contributed by atoms with van der Waals surface area (Å²) < 4.78 is 20.6. The van der Waals surface area contributed by atoms with Crippen molar-refractivity contribution in [2.24, 2.45) is 0 Å². The summed E-state index contributed by atoms with van der Waals surface area (Å²) in [6.07, 6.45) is 0.905. The summed E-state index contributed by atoms with van der Waals surface area (Å²) in [5, 5.41) is 0. The van der Waals surface area contributed by atoms with Crippen molar-refractivity contribution >= 4 is 43.2 Å². The standard InChI is InChI=1S/C10H10BrClO3S/c1-7-4-3-5-8(6-7)9(13)10(11,12)16(2,14)15/h3-6H,1-2H3. The molecule has 0 saturated heterocycles. The number of halogens is 2. The number of carbonyl (C=O) groups excluding carboxylic acids is 1. The van der Waals surface area contributed by atoms with Crippen LogP contribution in [0.15, 0.2) is 24.3 Å². The third-order valence-electron chi connectivity index (χ3n) is 2.01. The summed E-state index contributed by atoms with van der Waals surface area (Å²) in [5.74, 6) is -0.680. The van der Waals surface area contributed by atoms with Crippen molar-refractivity contribution < 1.29 is 13.2 Å². The maximum atomic E-state index is 11.9. The second-order valence-electron chi connectivity index (χ2n) is 3.49. The number of aryl methyl sites for hydroxylation is 1. The van der Waals surface area contributed by atoms with Gasteiger partial charge < -0.3 is 0 Å². The van der Waals surface area contributed by atoms with Crippen LogP contribution >= 0.6 is 27.5 Å². The van der Waals surface area contributed by atoms with E-state index in [2.05, 4.69) is 15.9 Å². The number of carbonyl (C=O) groups is 1. The highest BCUT2D eigenvalue weighted by Gasteiger charge is 2.44. The van der Waals surface area contributed by atoms with Gasteiger partial charge in [-0.05, 0) is 28.9 Å². The molecule has 1 rings (SSSR count). The Morgan fingerprint density at radius 2 is 2.00 bits per heavy atom. The Balaban J connectivity index is 3.23. The van der Waals surface area contributed by atoms with Gasteiger partial charge in [0.25, 0.3) is 3.12 Å². The lowest BCUT2D eigenvalue weighted by Crippen LogP contribution is -2.34. The lowest BCUT2D eigenvalue weighted by atomic mass is 10.1. The molecule has 1 aromatic rings. The maximum absolute atomic E-state index is 11.9. The first kappa shape index (κ1) is 13.7. The summed E-state index contributed by atoms with van der Waals surface area (Å²) in [7, 11) is -3.73. The van der Waals surface area contributed by atoms with E-state index < -0.39 is 18.7 Å². The van der Waals surface area contributed by atoms with Crippen molar-refractivity contribution in [3.05, 3.63) is 35.4 Å². The molecule has 1 unspecified atom stereocenters. The van der Waals surface area contributed by atoms with E-state index in [1.807, 2.05) is 0 Å². The molecule has 0 heterocycles.